The van der Waals surface area contributed by atoms with Crippen molar-refractivity contribution >= 4 is 5.91 Å². The van der Waals surface area contributed by atoms with Crippen LogP contribution in [0.25, 0.3) is 0 Å². The molecule has 0 radical (unpaired) electrons. The molecule has 0 bridgehead atoms. The number of likely N-dealkylation sites (tertiary alicyclic amines) is 2. The Hall–Kier alpha value is -2.20. The summed E-state index contributed by atoms with van der Waals surface area (Å²) in [5.41, 5.74) is 2.40. The minimum atomic E-state index is 0.136. The van der Waals surface area contributed by atoms with Crippen molar-refractivity contribution in [2.75, 3.05) is 32.7 Å². The predicted molar refractivity (Wildman–Crippen MR) is 103 cm³/mol. The fraction of sp³-hybridized carbons (Fsp3) is 0.455. The average molecular weight is 349 g/mol. The van der Waals surface area contributed by atoms with Gasteiger partial charge in [0.15, 0.2) is 0 Å². The highest BCUT2D eigenvalue weighted by molar-refractivity contribution is 5.94. The fourth-order valence-electron chi connectivity index (χ4n) is 4.55. The number of carbonyl (C=O) groups is 1. The van der Waals surface area contributed by atoms with E-state index in [1.165, 1.54) is 24.9 Å². The summed E-state index contributed by atoms with van der Waals surface area (Å²) >= 11 is 0. The minimum absolute atomic E-state index is 0.136. The van der Waals surface area contributed by atoms with E-state index in [0.29, 0.717) is 5.56 Å². The highest BCUT2D eigenvalue weighted by Gasteiger charge is 2.42. The molecule has 2 aromatic rings. The molecule has 0 N–H and O–H groups in total. The molecule has 2 fully saturated rings. The lowest BCUT2D eigenvalue weighted by Gasteiger charge is -2.40. The number of nitrogens with zero attached hydrogens (tertiary/aromatic N) is 3. The summed E-state index contributed by atoms with van der Waals surface area (Å²) < 4.78 is 0. The second-order valence-corrected chi connectivity index (χ2v) is 7.83. The molecule has 0 unspecified atom stereocenters. The van der Waals surface area contributed by atoms with Crippen LogP contribution in [0.4, 0.5) is 0 Å². The summed E-state index contributed by atoms with van der Waals surface area (Å²) in [6, 6.07) is 14.4. The van der Waals surface area contributed by atoms with Crippen LogP contribution in [0.15, 0.2) is 54.9 Å². The number of pyridine rings is 1. The molecule has 1 aromatic heterocycles. The van der Waals surface area contributed by atoms with Gasteiger partial charge in [0.05, 0.1) is 5.56 Å². The first-order valence-corrected chi connectivity index (χ1v) is 9.70. The number of rotatable bonds is 4. The monoisotopic (exact) mass is 349 g/mol. The molecule has 26 heavy (non-hydrogen) atoms. The molecular weight excluding hydrogens is 322 g/mol. The van der Waals surface area contributed by atoms with E-state index >= 15 is 0 Å². The molecule has 2 aliphatic heterocycles. The number of hydrogen-bond donors (Lipinski definition) is 0. The molecule has 1 spiro atoms. The topological polar surface area (TPSA) is 36.4 Å². The van der Waals surface area contributed by atoms with Crippen LogP contribution in [-0.2, 0) is 6.42 Å². The highest BCUT2D eigenvalue weighted by atomic mass is 16.2. The third-order valence-corrected chi connectivity index (χ3v) is 5.93. The van der Waals surface area contributed by atoms with Gasteiger partial charge < -0.3 is 9.80 Å². The molecule has 2 aliphatic rings. The Kier molecular flexibility index (Phi) is 5.02. The molecule has 4 nitrogen and oxygen atoms in total. The molecular formula is C22H27N3O. The number of hydrogen-bond acceptors (Lipinski definition) is 3. The van der Waals surface area contributed by atoms with Gasteiger partial charge in [-0.15, -0.1) is 0 Å². The molecule has 0 aliphatic carbocycles. The first kappa shape index (κ1) is 17.2. The number of amides is 1. The molecule has 1 atom stereocenters. The van der Waals surface area contributed by atoms with Crippen molar-refractivity contribution in [1.82, 2.24) is 14.8 Å². The van der Waals surface area contributed by atoms with Crippen LogP contribution < -0.4 is 0 Å². The maximum absolute atomic E-state index is 12.7. The molecule has 3 heterocycles. The second-order valence-electron chi connectivity index (χ2n) is 7.83. The second kappa shape index (κ2) is 7.58. The molecule has 2 saturated heterocycles. The van der Waals surface area contributed by atoms with Gasteiger partial charge in [0.2, 0.25) is 0 Å². The van der Waals surface area contributed by atoms with Crippen molar-refractivity contribution in [2.45, 2.75) is 25.7 Å². The fourth-order valence-corrected chi connectivity index (χ4v) is 4.55. The summed E-state index contributed by atoms with van der Waals surface area (Å²) in [6.07, 6.45) is 8.11. The summed E-state index contributed by atoms with van der Waals surface area (Å²) in [5, 5.41) is 0. The minimum Gasteiger partial charge on any atom is -0.338 e. The maximum atomic E-state index is 12.7. The van der Waals surface area contributed by atoms with Crippen LogP contribution in [-0.4, -0.2) is 53.4 Å². The van der Waals surface area contributed by atoms with Crippen LogP contribution in [0.2, 0.25) is 0 Å². The third-order valence-electron chi connectivity index (χ3n) is 5.93. The summed E-state index contributed by atoms with van der Waals surface area (Å²) in [6.45, 7) is 5.19. The van der Waals surface area contributed by atoms with E-state index in [1.54, 1.807) is 12.4 Å². The SMILES string of the molecule is O=C(c1cccnc1)N1CC[C@@]2(CCCN(CCc3ccccc3)C2)C1. The zero-order valence-electron chi connectivity index (χ0n) is 15.3. The highest BCUT2D eigenvalue weighted by Crippen LogP contribution is 2.39. The van der Waals surface area contributed by atoms with E-state index < -0.39 is 0 Å². The van der Waals surface area contributed by atoms with Crippen LogP contribution in [0.5, 0.6) is 0 Å². The maximum Gasteiger partial charge on any atom is 0.255 e. The smallest absolute Gasteiger partial charge is 0.255 e. The van der Waals surface area contributed by atoms with E-state index in [4.69, 9.17) is 0 Å². The van der Waals surface area contributed by atoms with E-state index in [2.05, 4.69) is 40.2 Å². The van der Waals surface area contributed by atoms with Gasteiger partial charge in [-0.2, -0.15) is 0 Å². The Bertz CT molecular complexity index is 734. The van der Waals surface area contributed by atoms with Crippen molar-refractivity contribution < 1.29 is 4.79 Å². The van der Waals surface area contributed by atoms with Gasteiger partial charge in [0.1, 0.15) is 0 Å². The van der Waals surface area contributed by atoms with Gasteiger partial charge in [-0.1, -0.05) is 30.3 Å². The number of carbonyl (C=O) groups excluding carboxylic acids is 1. The van der Waals surface area contributed by atoms with Crippen molar-refractivity contribution in [2.24, 2.45) is 5.41 Å². The Morgan fingerprint density at radius 1 is 1.04 bits per heavy atom. The van der Waals surface area contributed by atoms with Gasteiger partial charge in [0.25, 0.3) is 5.91 Å². The van der Waals surface area contributed by atoms with E-state index in [1.807, 2.05) is 17.0 Å². The average Bonchev–Trinajstić information content (AvgIpc) is 3.10. The Balaban J connectivity index is 1.36. The normalized spacial score (nSPS) is 23.5. The summed E-state index contributed by atoms with van der Waals surface area (Å²) in [5.74, 6) is 0.136. The number of benzene rings is 1. The van der Waals surface area contributed by atoms with Crippen molar-refractivity contribution in [1.29, 1.82) is 0 Å². The standard InChI is InChI=1S/C22H27N3O/c26-21(20-8-4-12-23-16-20)25-15-11-22(18-25)10-5-13-24(17-22)14-9-19-6-2-1-3-7-19/h1-4,6-8,12,16H,5,9-11,13-15,17-18H2/t22-/m1/s1. The van der Waals surface area contributed by atoms with Crippen molar-refractivity contribution in [3.8, 4) is 0 Å². The lowest BCUT2D eigenvalue weighted by atomic mass is 9.79. The number of aromatic nitrogens is 1. The van der Waals surface area contributed by atoms with Crippen molar-refractivity contribution in [3.05, 3.63) is 66.0 Å². The Morgan fingerprint density at radius 2 is 1.92 bits per heavy atom. The zero-order chi connectivity index (χ0) is 17.8. The Labute approximate surface area is 155 Å². The van der Waals surface area contributed by atoms with Crippen LogP contribution in [0, 0.1) is 5.41 Å². The molecule has 136 valence electrons. The van der Waals surface area contributed by atoms with Gasteiger partial charge in [0, 0.05) is 44.0 Å². The van der Waals surface area contributed by atoms with Gasteiger partial charge in [-0.05, 0) is 49.9 Å². The van der Waals surface area contributed by atoms with E-state index in [0.717, 1.165) is 39.0 Å². The van der Waals surface area contributed by atoms with Crippen LogP contribution in [0.1, 0.15) is 35.2 Å². The van der Waals surface area contributed by atoms with Crippen LogP contribution in [0.3, 0.4) is 0 Å². The molecule has 1 aromatic carbocycles. The van der Waals surface area contributed by atoms with Crippen LogP contribution >= 0.6 is 0 Å². The lowest BCUT2D eigenvalue weighted by Crippen LogP contribution is -2.46. The quantitative estimate of drug-likeness (QED) is 0.850. The van der Waals surface area contributed by atoms with Gasteiger partial charge >= 0.3 is 0 Å². The Morgan fingerprint density at radius 3 is 2.73 bits per heavy atom. The first-order valence-electron chi connectivity index (χ1n) is 9.70. The molecule has 4 rings (SSSR count). The molecule has 4 heteroatoms. The van der Waals surface area contributed by atoms with Gasteiger partial charge in [-0.3, -0.25) is 9.78 Å². The van der Waals surface area contributed by atoms with E-state index in [9.17, 15) is 4.79 Å². The first-order chi connectivity index (χ1) is 12.7. The summed E-state index contributed by atoms with van der Waals surface area (Å²) in [4.78, 5) is 21.5. The van der Waals surface area contributed by atoms with Gasteiger partial charge in [-0.25, -0.2) is 0 Å². The number of piperidine rings is 1. The lowest BCUT2D eigenvalue weighted by molar-refractivity contribution is 0.0692. The largest absolute Gasteiger partial charge is 0.338 e. The molecule has 0 saturated carbocycles. The zero-order valence-corrected chi connectivity index (χ0v) is 15.3. The molecule has 1 amide bonds. The predicted octanol–water partition coefficient (Wildman–Crippen LogP) is 3.25. The van der Waals surface area contributed by atoms with E-state index in [-0.39, 0.29) is 11.3 Å². The third kappa shape index (κ3) is 3.80. The summed E-state index contributed by atoms with van der Waals surface area (Å²) in [7, 11) is 0. The van der Waals surface area contributed by atoms with Crippen molar-refractivity contribution in [3.63, 3.8) is 0 Å².